The van der Waals surface area contributed by atoms with Crippen molar-refractivity contribution in [1.82, 2.24) is 4.90 Å². The van der Waals surface area contributed by atoms with Crippen LogP contribution in [0, 0.1) is 4.91 Å². The third-order valence-corrected chi connectivity index (χ3v) is 4.50. The van der Waals surface area contributed by atoms with Crippen molar-refractivity contribution in [1.29, 1.82) is 0 Å². The number of thioether (sulfide) groups is 1. The van der Waals surface area contributed by atoms with Gasteiger partial charge in [0.1, 0.15) is 0 Å². The van der Waals surface area contributed by atoms with Gasteiger partial charge in [0, 0.05) is 28.7 Å². The summed E-state index contributed by atoms with van der Waals surface area (Å²) in [6.45, 7) is -0.0769. The minimum atomic E-state index is -0.646. The number of benzene rings is 1. The molecule has 22 heavy (non-hydrogen) atoms. The van der Waals surface area contributed by atoms with E-state index in [1.165, 1.54) is 17.8 Å². The summed E-state index contributed by atoms with van der Waals surface area (Å²) in [6, 6.07) is 4.62. The first-order valence-corrected chi connectivity index (χ1v) is 7.76. The Morgan fingerprint density at radius 1 is 1.36 bits per heavy atom. The first-order chi connectivity index (χ1) is 10.6. The molecule has 0 aromatic heterocycles. The van der Waals surface area contributed by atoms with E-state index in [2.05, 4.69) is 0 Å². The van der Waals surface area contributed by atoms with Crippen LogP contribution in [0.25, 0.3) is 0 Å². The Hall–Kier alpha value is -2.22. The zero-order valence-corrected chi connectivity index (χ0v) is 12.4. The highest BCUT2D eigenvalue weighted by Gasteiger charge is 2.30. The highest BCUT2D eigenvalue weighted by Crippen LogP contribution is 2.37. The van der Waals surface area contributed by atoms with E-state index in [-0.39, 0.29) is 11.5 Å². The Morgan fingerprint density at radius 2 is 2.18 bits per heavy atom. The van der Waals surface area contributed by atoms with Gasteiger partial charge in [0.2, 0.25) is 11.8 Å². The number of hydrogen-bond donors (Lipinski definition) is 0. The maximum absolute atomic E-state index is 11.9. The van der Waals surface area contributed by atoms with Crippen LogP contribution >= 0.6 is 11.8 Å². The zero-order chi connectivity index (χ0) is 15.7. The second kappa shape index (κ2) is 5.88. The van der Waals surface area contributed by atoms with Crippen molar-refractivity contribution in [2.45, 2.75) is 17.7 Å². The molecule has 1 fully saturated rings. The lowest BCUT2D eigenvalue weighted by Crippen LogP contribution is -2.35. The van der Waals surface area contributed by atoms with E-state index < -0.39 is 18.5 Å². The quantitative estimate of drug-likeness (QED) is 0.619. The van der Waals surface area contributed by atoms with Crippen molar-refractivity contribution >= 4 is 35.2 Å². The van der Waals surface area contributed by atoms with Gasteiger partial charge < -0.3 is 4.74 Å². The molecule has 0 radical (unpaired) electrons. The molecule has 0 atom stereocenters. The van der Waals surface area contributed by atoms with E-state index in [9.17, 15) is 19.3 Å². The van der Waals surface area contributed by atoms with Gasteiger partial charge in [-0.2, -0.15) is 0 Å². The van der Waals surface area contributed by atoms with Crippen LogP contribution in [0.2, 0.25) is 0 Å². The molecular weight excluding hydrogens is 308 g/mol. The van der Waals surface area contributed by atoms with Gasteiger partial charge in [-0.1, -0.05) is 0 Å². The Morgan fingerprint density at radius 3 is 2.91 bits per heavy atom. The standard InChI is InChI=1S/C14H13N2O5S/c17-12-2-1-5-15(12)13(18)7-21-14(19)9-3-4-10-11(6-9)22-8-16(10)20/h3-4,6H,1-2,5,7-8H2/q+1. The number of esters is 1. The maximum Gasteiger partial charge on any atom is 0.338 e. The van der Waals surface area contributed by atoms with E-state index in [4.69, 9.17) is 4.74 Å². The number of carbonyl (C=O) groups excluding carboxylic acids is 3. The Bertz CT molecular complexity index is 688. The number of nitrogens with zero attached hydrogens (tertiary/aromatic N) is 2. The topological polar surface area (TPSA) is 83.8 Å². The fraction of sp³-hybridized carbons (Fsp3) is 0.357. The Kier molecular flexibility index (Phi) is 3.93. The van der Waals surface area contributed by atoms with Crippen molar-refractivity contribution < 1.29 is 23.9 Å². The van der Waals surface area contributed by atoms with E-state index in [0.717, 1.165) is 9.66 Å². The van der Waals surface area contributed by atoms with Crippen LogP contribution in [0.15, 0.2) is 23.1 Å². The van der Waals surface area contributed by atoms with Crippen LogP contribution in [0.4, 0.5) is 5.69 Å². The Labute approximate surface area is 130 Å². The second-order valence-electron chi connectivity index (χ2n) is 4.95. The summed E-state index contributed by atoms with van der Waals surface area (Å²) in [7, 11) is 0. The first kappa shape index (κ1) is 14.7. The molecule has 114 valence electrons. The summed E-state index contributed by atoms with van der Waals surface area (Å²) in [5.74, 6) is -1.08. The van der Waals surface area contributed by atoms with Crippen LogP contribution in [0.3, 0.4) is 0 Å². The minimum absolute atomic E-state index is 0.231. The highest BCUT2D eigenvalue weighted by molar-refractivity contribution is 7.99. The van der Waals surface area contributed by atoms with E-state index in [0.29, 0.717) is 35.8 Å². The molecule has 1 aromatic carbocycles. The van der Waals surface area contributed by atoms with Gasteiger partial charge in [0.05, 0.1) is 10.5 Å². The summed E-state index contributed by atoms with van der Waals surface area (Å²) in [5.41, 5.74) is 0.808. The fourth-order valence-electron chi connectivity index (χ4n) is 2.36. The van der Waals surface area contributed by atoms with Crippen LogP contribution < -0.4 is 0 Å². The van der Waals surface area contributed by atoms with Crippen LogP contribution in [-0.4, -0.2) is 46.5 Å². The molecule has 0 spiro atoms. The lowest BCUT2D eigenvalue weighted by atomic mass is 10.2. The fourth-order valence-corrected chi connectivity index (χ4v) is 3.28. The number of carbonyl (C=O) groups is 3. The average molecular weight is 321 g/mol. The molecule has 0 aliphatic carbocycles. The predicted molar refractivity (Wildman–Crippen MR) is 76.7 cm³/mol. The van der Waals surface area contributed by atoms with Crippen LogP contribution in [0.5, 0.6) is 0 Å². The van der Waals surface area contributed by atoms with Crippen molar-refractivity contribution in [3.8, 4) is 0 Å². The van der Waals surface area contributed by atoms with Crippen molar-refractivity contribution in [2.75, 3.05) is 19.0 Å². The van der Waals surface area contributed by atoms with Gasteiger partial charge in [0.15, 0.2) is 6.61 Å². The van der Waals surface area contributed by atoms with Crippen molar-refractivity contribution in [3.63, 3.8) is 0 Å². The summed E-state index contributed by atoms with van der Waals surface area (Å²) >= 11 is 1.34. The first-order valence-electron chi connectivity index (χ1n) is 6.78. The average Bonchev–Trinajstić information content (AvgIpc) is 3.10. The molecule has 3 rings (SSSR count). The number of amides is 2. The largest absolute Gasteiger partial charge is 0.452 e. The minimum Gasteiger partial charge on any atom is -0.452 e. The normalized spacial score (nSPS) is 16.8. The zero-order valence-electron chi connectivity index (χ0n) is 11.6. The summed E-state index contributed by atoms with van der Waals surface area (Å²) in [6.07, 6.45) is 1.000. The number of rotatable bonds is 3. The second-order valence-corrected chi connectivity index (χ2v) is 5.94. The number of fused-ring (bicyclic) bond motifs is 1. The number of likely N-dealkylation sites (tertiary alicyclic amines) is 1. The third-order valence-electron chi connectivity index (χ3n) is 3.50. The molecule has 7 nitrogen and oxygen atoms in total. The molecular formula is C14H13N2O5S+. The molecule has 0 bridgehead atoms. The number of imide groups is 1. The summed E-state index contributed by atoms with van der Waals surface area (Å²) in [4.78, 5) is 48.4. The molecule has 2 heterocycles. The van der Waals surface area contributed by atoms with Gasteiger partial charge in [0.25, 0.3) is 11.6 Å². The molecule has 2 aliphatic rings. The third kappa shape index (κ3) is 2.74. The molecule has 0 saturated carbocycles. The molecule has 0 unspecified atom stereocenters. The summed E-state index contributed by atoms with van der Waals surface area (Å²) in [5, 5.41) is 0. The monoisotopic (exact) mass is 321 g/mol. The molecule has 2 aliphatic heterocycles. The van der Waals surface area contributed by atoms with Gasteiger partial charge in [-0.25, -0.2) is 4.79 Å². The maximum atomic E-state index is 11.9. The van der Waals surface area contributed by atoms with E-state index in [1.807, 2.05) is 0 Å². The van der Waals surface area contributed by atoms with E-state index >= 15 is 0 Å². The van der Waals surface area contributed by atoms with Crippen molar-refractivity contribution in [2.24, 2.45) is 0 Å². The number of ether oxygens (including phenoxy) is 1. The van der Waals surface area contributed by atoms with Crippen LogP contribution in [-0.2, 0) is 14.3 Å². The molecule has 1 aromatic rings. The van der Waals surface area contributed by atoms with Crippen molar-refractivity contribution in [3.05, 3.63) is 28.7 Å². The molecule has 0 N–H and O–H groups in total. The lowest BCUT2D eigenvalue weighted by molar-refractivity contribution is -0.437. The molecule has 8 heteroatoms. The molecule has 1 saturated heterocycles. The number of hydrogen-bond acceptors (Lipinski definition) is 6. The SMILES string of the molecule is O=C(OCC(=O)N1CCCC1=O)c1ccc2c(c1)SC[N+]2=O. The van der Waals surface area contributed by atoms with E-state index in [1.54, 1.807) is 12.1 Å². The lowest BCUT2D eigenvalue weighted by Gasteiger charge is -2.13. The van der Waals surface area contributed by atoms with Crippen LogP contribution in [0.1, 0.15) is 23.2 Å². The smallest absolute Gasteiger partial charge is 0.338 e. The summed E-state index contributed by atoms with van der Waals surface area (Å²) < 4.78 is 5.80. The number of nitroso groups, excluding NO2 is 1. The van der Waals surface area contributed by atoms with Gasteiger partial charge >= 0.3 is 5.97 Å². The van der Waals surface area contributed by atoms with Gasteiger partial charge in [-0.15, -0.1) is 0 Å². The van der Waals surface area contributed by atoms with Gasteiger partial charge in [-0.05, 0) is 30.3 Å². The highest BCUT2D eigenvalue weighted by atomic mass is 32.2. The molecule has 2 amide bonds. The Balaban J connectivity index is 1.62. The van der Waals surface area contributed by atoms with Gasteiger partial charge in [-0.3, -0.25) is 14.5 Å². The predicted octanol–water partition coefficient (Wildman–Crippen LogP) is 1.47.